The van der Waals surface area contributed by atoms with Gasteiger partial charge < -0.3 is 20.1 Å². The summed E-state index contributed by atoms with van der Waals surface area (Å²) in [5.74, 6) is -0.727. The highest BCUT2D eigenvalue weighted by Crippen LogP contribution is 2.25. The van der Waals surface area contributed by atoms with Crippen LogP contribution in [-0.2, 0) is 9.53 Å². The van der Waals surface area contributed by atoms with Gasteiger partial charge in [-0.1, -0.05) is 0 Å². The van der Waals surface area contributed by atoms with Gasteiger partial charge in [0.2, 0.25) is 0 Å². The Balaban J connectivity index is 2.95. The maximum absolute atomic E-state index is 11.1. The molecular formula is C8H11ClO5. The summed E-state index contributed by atoms with van der Waals surface area (Å²) >= 11 is 5.68. The van der Waals surface area contributed by atoms with E-state index in [2.05, 4.69) is 4.74 Å². The molecule has 0 amide bonds. The molecule has 5 nitrogen and oxygen atoms in total. The molecule has 0 fully saturated rings. The van der Waals surface area contributed by atoms with Gasteiger partial charge in [0.15, 0.2) is 0 Å². The number of hydrogen-bond donors (Lipinski definition) is 3. The van der Waals surface area contributed by atoms with E-state index in [0.717, 1.165) is 13.2 Å². The fraction of sp³-hybridized carbons (Fsp3) is 0.625. The van der Waals surface area contributed by atoms with Crippen LogP contribution in [-0.4, -0.2) is 52.1 Å². The number of carbonyl (C=O) groups is 1. The fourth-order valence-electron chi connectivity index (χ4n) is 1.23. The molecule has 14 heavy (non-hydrogen) atoms. The molecule has 0 radical (unpaired) electrons. The first-order valence-corrected chi connectivity index (χ1v) is 4.41. The first-order chi connectivity index (χ1) is 6.49. The van der Waals surface area contributed by atoms with Gasteiger partial charge in [0, 0.05) is 0 Å². The molecule has 1 aliphatic rings. The molecule has 0 saturated carbocycles. The van der Waals surface area contributed by atoms with E-state index in [-0.39, 0.29) is 5.57 Å². The number of carbonyl (C=O) groups excluding carboxylic acids is 1. The number of methoxy groups -OCH3 is 1. The first-order valence-electron chi connectivity index (χ1n) is 3.97. The molecule has 0 aromatic carbocycles. The van der Waals surface area contributed by atoms with Crippen molar-refractivity contribution in [3.8, 4) is 0 Å². The second kappa shape index (κ2) is 4.27. The van der Waals surface area contributed by atoms with Crippen molar-refractivity contribution in [3.05, 3.63) is 11.6 Å². The minimum Gasteiger partial charge on any atom is -0.466 e. The van der Waals surface area contributed by atoms with Crippen LogP contribution in [0.2, 0.25) is 0 Å². The lowest BCUT2D eigenvalue weighted by atomic mass is 9.92. The number of hydrogen-bond acceptors (Lipinski definition) is 5. The number of esters is 1. The Labute approximate surface area is 85.6 Å². The van der Waals surface area contributed by atoms with Gasteiger partial charge in [-0.2, -0.15) is 0 Å². The van der Waals surface area contributed by atoms with Crippen molar-refractivity contribution >= 4 is 17.6 Å². The smallest absolute Gasteiger partial charge is 0.335 e. The Morgan fingerprint density at radius 3 is 2.50 bits per heavy atom. The monoisotopic (exact) mass is 222 g/mol. The molecule has 0 unspecified atom stereocenters. The Morgan fingerprint density at radius 2 is 2.00 bits per heavy atom. The number of rotatable bonds is 1. The molecule has 0 heterocycles. The van der Waals surface area contributed by atoms with Gasteiger partial charge in [0.05, 0.1) is 18.1 Å². The Bertz CT molecular complexity index is 264. The van der Waals surface area contributed by atoms with Gasteiger partial charge in [-0.15, -0.1) is 11.6 Å². The SMILES string of the molecule is COC(=O)C1=C[C@H](O)[C@H](O)[C@@H](O)[C@H]1Cl. The minimum absolute atomic E-state index is 0.0422. The summed E-state index contributed by atoms with van der Waals surface area (Å²) in [5.41, 5.74) is -0.0422. The van der Waals surface area contributed by atoms with Gasteiger partial charge in [-0.25, -0.2) is 4.79 Å². The molecule has 0 bridgehead atoms. The first kappa shape index (κ1) is 11.5. The van der Waals surface area contributed by atoms with Crippen LogP contribution in [0.15, 0.2) is 11.6 Å². The van der Waals surface area contributed by atoms with Gasteiger partial charge >= 0.3 is 5.97 Å². The van der Waals surface area contributed by atoms with E-state index in [1.54, 1.807) is 0 Å². The molecule has 0 aliphatic heterocycles. The van der Waals surface area contributed by atoms with Crippen LogP contribution in [0, 0.1) is 0 Å². The van der Waals surface area contributed by atoms with Gasteiger partial charge in [-0.3, -0.25) is 0 Å². The number of aliphatic hydroxyl groups excluding tert-OH is 3. The number of alkyl halides is 1. The van der Waals surface area contributed by atoms with Gasteiger partial charge in [-0.05, 0) is 6.08 Å². The number of ether oxygens (including phenoxy) is 1. The van der Waals surface area contributed by atoms with E-state index in [1.807, 2.05) is 0 Å². The summed E-state index contributed by atoms with van der Waals surface area (Å²) in [6.45, 7) is 0. The minimum atomic E-state index is -1.38. The van der Waals surface area contributed by atoms with Gasteiger partial charge in [0.25, 0.3) is 0 Å². The van der Waals surface area contributed by atoms with Crippen molar-refractivity contribution in [3.63, 3.8) is 0 Å². The van der Waals surface area contributed by atoms with E-state index in [9.17, 15) is 20.1 Å². The van der Waals surface area contributed by atoms with Crippen LogP contribution in [0.3, 0.4) is 0 Å². The third-order valence-electron chi connectivity index (χ3n) is 2.07. The average molecular weight is 223 g/mol. The second-order valence-electron chi connectivity index (χ2n) is 2.99. The number of aliphatic hydroxyl groups is 3. The fourth-order valence-corrected chi connectivity index (χ4v) is 1.54. The summed E-state index contributed by atoms with van der Waals surface area (Å²) in [6.07, 6.45) is -2.99. The molecule has 4 atom stereocenters. The van der Waals surface area contributed by atoms with Crippen LogP contribution >= 0.6 is 11.6 Å². The van der Waals surface area contributed by atoms with E-state index in [1.165, 1.54) is 0 Å². The highest BCUT2D eigenvalue weighted by Gasteiger charge is 2.39. The summed E-state index contributed by atoms with van der Waals surface area (Å²) in [7, 11) is 1.16. The third kappa shape index (κ3) is 1.90. The Kier molecular flexibility index (Phi) is 3.49. The molecule has 0 aromatic heterocycles. The van der Waals surface area contributed by atoms with Crippen LogP contribution in [0.5, 0.6) is 0 Å². The standard InChI is InChI=1S/C8H11ClO5/c1-14-8(13)3-2-4(10)6(11)7(12)5(3)9/h2,4-7,10-12H,1H3/t4-,5-,6-,7-/m0/s1. The maximum Gasteiger partial charge on any atom is 0.335 e. The van der Waals surface area contributed by atoms with E-state index < -0.39 is 29.7 Å². The molecule has 0 aromatic rings. The average Bonchev–Trinajstić information content (AvgIpc) is 2.19. The predicted octanol–water partition coefficient (Wildman–Crippen LogP) is -1.21. The quantitative estimate of drug-likeness (QED) is 0.383. The van der Waals surface area contributed by atoms with Crippen LogP contribution in [0.4, 0.5) is 0 Å². The van der Waals surface area contributed by atoms with Gasteiger partial charge in [0.1, 0.15) is 18.3 Å². The largest absolute Gasteiger partial charge is 0.466 e. The lowest BCUT2D eigenvalue weighted by molar-refractivity contribution is -0.137. The molecule has 6 heteroatoms. The molecule has 1 rings (SSSR count). The molecule has 80 valence electrons. The lowest BCUT2D eigenvalue weighted by Gasteiger charge is -2.30. The van der Waals surface area contributed by atoms with Crippen molar-refractivity contribution in [1.82, 2.24) is 0 Å². The van der Waals surface area contributed by atoms with Crippen LogP contribution in [0.1, 0.15) is 0 Å². The highest BCUT2D eigenvalue weighted by atomic mass is 35.5. The van der Waals surface area contributed by atoms with Crippen LogP contribution < -0.4 is 0 Å². The van der Waals surface area contributed by atoms with Crippen LogP contribution in [0.25, 0.3) is 0 Å². The summed E-state index contributed by atoms with van der Waals surface area (Å²) in [4.78, 5) is 11.1. The Morgan fingerprint density at radius 1 is 1.43 bits per heavy atom. The number of halogens is 1. The molecular weight excluding hydrogens is 212 g/mol. The van der Waals surface area contributed by atoms with Crippen molar-refractivity contribution in [1.29, 1.82) is 0 Å². The molecule has 1 aliphatic carbocycles. The van der Waals surface area contributed by atoms with Crippen molar-refractivity contribution < 1.29 is 24.9 Å². The van der Waals surface area contributed by atoms with E-state index in [0.29, 0.717) is 0 Å². The predicted molar refractivity (Wildman–Crippen MR) is 47.8 cm³/mol. The van der Waals surface area contributed by atoms with Crippen molar-refractivity contribution in [2.45, 2.75) is 23.7 Å². The maximum atomic E-state index is 11.1. The summed E-state index contributed by atoms with van der Waals surface area (Å²) in [6, 6.07) is 0. The highest BCUT2D eigenvalue weighted by molar-refractivity contribution is 6.25. The zero-order chi connectivity index (χ0) is 10.9. The lowest BCUT2D eigenvalue weighted by Crippen LogP contribution is -2.47. The zero-order valence-corrected chi connectivity index (χ0v) is 8.18. The second-order valence-corrected chi connectivity index (χ2v) is 3.46. The Hall–Kier alpha value is -0.620. The summed E-state index contributed by atoms with van der Waals surface area (Å²) < 4.78 is 4.40. The molecule has 3 N–H and O–H groups in total. The molecule has 0 spiro atoms. The van der Waals surface area contributed by atoms with Crippen molar-refractivity contribution in [2.75, 3.05) is 7.11 Å². The topological polar surface area (TPSA) is 87.0 Å². The summed E-state index contributed by atoms with van der Waals surface area (Å²) in [5, 5.41) is 26.7. The normalized spacial score (nSPS) is 37.6. The molecule has 0 saturated heterocycles. The third-order valence-corrected chi connectivity index (χ3v) is 2.56. The van der Waals surface area contributed by atoms with E-state index >= 15 is 0 Å². The van der Waals surface area contributed by atoms with E-state index in [4.69, 9.17) is 11.6 Å². The zero-order valence-electron chi connectivity index (χ0n) is 7.42. The van der Waals surface area contributed by atoms with Crippen molar-refractivity contribution in [2.24, 2.45) is 0 Å².